The largest absolute Gasteiger partial charge is 0.393 e. The van der Waals surface area contributed by atoms with Gasteiger partial charge in [-0.05, 0) is 25.8 Å². The summed E-state index contributed by atoms with van der Waals surface area (Å²) in [5, 5.41) is 13.0. The zero-order valence-electron chi connectivity index (χ0n) is 13.8. The second-order valence-corrected chi connectivity index (χ2v) is 7.45. The van der Waals surface area contributed by atoms with Crippen molar-refractivity contribution in [2.24, 2.45) is 5.92 Å². The van der Waals surface area contributed by atoms with Crippen LogP contribution in [0.5, 0.6) is 0 Å². The number of nitrogens with zero attached hydrogens (tertiary/aromatic N) is 3. The predicted molar refractivity (Wildman–Crippen MR) is 88.8 cm³/mol. The van der Waals surface area contributed by atoms with Crippen molar-refractivity contribution in [2.75, 3.05) is 27.7 Å². The molecular formula is C16H27N3O2S. The maximum absolute atomic E-state index is 11.7. The highest BCUT2D eigenvalue weighted by Crippen LogP contribution is 2.25. The molecule has 5 nitrogen and oxygen atoms in total. The molecule has 0 bridgehead atoms. The smallest absolute Gasteiger partial charge is 0.228 e. The van der Waals surface area contributed by atoms with E-state index in [2.05, 4.69) is 16.9 Å². The fourth-order valence-electron chi connectivity index (χ4n) is 2.93. The predicted octanol–water partition coefficient (Wildman–Crippen LogP) is 1.76. The number of rotatable bonds is 6. The number of likely N-dealkylation sites (N-methyl/N-ethyl adjacent to an activating group) is 1. The summed E-state index contributed by atoms with van der Waals surface area (Å²) in [7, 11) is 5.60. The first-order valence-electron chi connectivity index (χ1n) is 7.95. The van der Waals surface area contributed by atoms with E-state index in [0.717, 1.165) is 43.1 Å². The van der Waals surface area contributed by atoms with Gasteiger partial charge in [0, 0.05) is 32.6 Å². The Morgan fingerprint density at radius 1 is 1.36 bits per heavy atom. The molecule has 1 aliphatic carbocycles. The Kier molecular flexibility index (Phi) is 6.35. The lowest BCUT2D eigenvalue weighted by atomic mass is 9.86. The van der Waals surface area contributed by atoms with E-state index >= 15 is 0 Å². The normalized spacial score (nSPS) is 22.0. The monoisotopic (exact) mass is 325 g/mol. The average Bonchev–Trinajstić information content (AvgIpc) is 2.88. The second-order valence-electron chi connectivity index (χ2n) is 6.51. The molecule has 0 aromatic carbocycles. The van der Waals surface area contributed by atoms with Crippen LogP contribution in [0.4, 0.5) is 0 Å². The number of carbonyl (C=O) groups is 1. The number of amides is 1. The van der Waals surface area contributed by atoms with Crippen molar-refractivity contribution in [1.82, 2.24) is 14.8 Å². The quantitative estimate of drug-likeness (QED) is 0.866. The standard InChI is InChI=1S/C16H27N3O2S/c1-18(2)16(21)8-15-17-13(11-22-15)10-19(3)9-12-6-4-5-7-14(12)20/h11-12,14,20H,4-10H2,1-3H3. The van der Waals surface area contributed by atoms with Crippen molar-refractivity contribution < 1.29 is 9.90 Å². The molecule has 1 heterocycles. The van der Waals surface area contributed by atoms with Gasteiger partial charge in [-0.2, -0.15) is 0 Å². The molecule has 1 saturated carbocycles. The number of thiazole rings is 1. The minimum atomic E-state index is -0.153. The average molecular weight is 325 g/mol. The second kappa shape index (κ2) is 8.04. The van der Waals surface area contributed by atoms with Gasteiger partial charge in [-0.3, -0.25) is 4.79 Å². The number of aliphatic hydroxyl groups is 1. The van der Waals surface area contributed by atoms with Crippen molar-refractivity contribution in [3.8, 4) is 0 Å². The highest BCUT2D eigenvalue weighted by atomic mass is 32.1. The summed E-state index contributed by atoms with van der Waals surface area (Å²) in [6, 6.07) is 0. The Morgan fingerprint density at radius 3 is 2.77 bits per heavy atom. The van der Waals surface area contributed by atoms with Gasteiger partial charge in [0.1, 0.15) is 5.01 Å². The van der Waals surface area contributed by atoms with Crippen LogP contribution in [0, 0.1) is 5.92 Å². The lowest BCUT2D eigenvalue weighted by Gasteiger charge is -2.30. The van der Waals surface area contributed by atoms with Crippen LogP contribution in [0.1, 0.15) is 36.4 Å². The molecule has 22 heavy (non-hydrogen) atoms. The Hall–Kier alpha value is -0.980. The maximum atomic E-state index is 11.7. The highest BCUT2D eigenvalue weighted by molar-refractivity contribution is 7.09. The molecule has 0 saturated heterocycles. The molecule has 2 rings (SSSR count). The lowest BCUT2D eigenvalue weighted by molar-refractivity contribution is -0.127. The molecule has 1 amide bonds. The number of carbonyl (C=O) groups excluding carboxylic acids is 1. The van der Waals surface area contributed by atoms with E-state index < -0.39 is 0 Å². The summed E-state index contributed by atoms with van der Waals surface area (Å²) in [5.74, 6) is 0.465. The first-order valence-corrected chi connectivity index (χ1v) is 8.83. The van der Waals surface area contributed by atoms with Crippen LogP contribution in [0.2, 0.25) is 0 Å². The van der Waals surface area contributed by atoms with Crippen LogP contribution >= 0.6 is 11.3 Å². The molecule has 1 aromatic rings. The minimum absolute atomic E-state index is 0.0829. The van der Waals surface area contributed by atoms with Gasteiger partial charge in [0.15, 0.2) is 0 Å². The summed E-state index contributed by atoms with van der Waals surface area (Å²) in [4.78, 5) is 20.1. The van der Waals surface area contributed by atoms with Gasteiger partial charge in [0.05, 0.1) is 18.2 Å². The number of hydrogen-bond donors (Lipinski definition) is 1. The summed E-state index contributed by atoms with van der Waals surface area (Å²) in [5.41, 5.74) is 1.01. The van der Waals surface area contributed by atoms with E-state index in [4.69, 9.17) is 0 Å². The Balaban J connectivity index is 1.82. The van der Waals surface area contributed by atoms with Crippen LogP contribution in [-0.4, -0.2) is 59.6 Å². The molecule has 124 valence electrons. The molecule has 0 radical (unpaired) electrons. The summed E-state index contributed by atoms with van der Waals surface area (Å²) in [6.45, 7) is 1.68. The van der Waals surface area contributed by atoms with Crippen molar-refractivity contribution >= 4 is 17.2 Å². The third-order valence-electron chi connectivity index (χ3n) is 4.25. The van der Waals surface area contributed by atoms with Gasteiger partial charge in [0.25, 0.3) is 0 Å². The van der Waals surface area contributed by atoms with Crippen molar-refractivity contribution in [3.05, 3.63) is 16.1 Å². The topological polar surface area (TPSA) is 56.7 Å². The van der Waals surface area contributed by atoms with Gasteiger partial charge in [-0.1, -0.05) is 12.8 Å². The van der Waals surface area contributed by atoms with E-state index in [9.17, 15) is 9.90 Å². The molecule has 6 heteroatoms. The maximum Gasteiger partial charge on any atom is 0.228 e. The van der Waals surface area contributed by atoms with Crippen LogP contribution in [0.3, 0.4) is 0 Å². The number of hydrogen-bond acceptors (Lipinski definition) is 5. The zero-order valence-corrected chi connectivity index (χ0v) is 14.6. The van der Waals surface area contributed by atoms with Crippen molar-refractivity contribution in [2.45, 2.75) is 44.8 Å². The molecule has 1 aliphatic rings. The fraction of sp³-hybridized carbons (Fsp3) is 0.750. The minimum Gasteiger partial charge on any atom is -0.393 e. The SMILES string of the molecule is CN(Cc1csc(CC(=O)N(C)C)n1)CC1CCCCC1O. The van der Waals surface area contributed by atoms with Gasteiger partial charge < -0.3 is 14.9 Å². The van der Waals surface area contributed by atoms with Crippen molar-refractivity contribution in [1.29, 1.82) is 0 Å². The number of aromatic nitrogens is 1. The van der Waals surface area contributed by atoms with Crippen molar-refractivity contribution in [3.63, 3.8) is 0 Å². The third kappa shape index (κ3) is 5.04. The molecule has 0 spiro atoms. The van der Waals surface area contributed by atoms with E-state index in [1.165, 1.54) is 6.42 Å². The first kappa shape index (κ1) is 17.4. The Morgan fingerprint density at radius 2 is 2.09 bits per heavy atom. The van der Waals surface area contributed by atoms with Gasteiger partial charge >= 0.3 is 0 Å². The van der Waals surface area contributed by atoms with Gasteiger partial charge in [0.2, 0.25) is 5.91 Å². The summed E-state index contributed by atoms with van der Waals surface area (Å²) in [6.07, 6.45) is 4.65. The molecule has 1 fully saturated rings. The van der Waals surface area contributed by atoms with Crippen LogP contribution in [0.25, 0.3) is 0 Å². The molecular weight excluding hydrogens is 298 g/mol. The van der Waals surface area contributed by atoms with Crippen LogP contribution in [-0.2, 0) is 17.8 Å². The third-order valence-corrected chi connectivity index (χ3v) is 5.15. The Labute approximate surface area is 137 Å². The van der Waals surface area contributed by atoms with Gasteiger partial charge in [-0.15, -0.1) is 11.3 Å². The first-order chi connectivity index (χ1) is 10.5. The number of aliphatic hydroxyl groups excluding tert-OH is 1. The van der Waals surface area contributed by atoms with Crippen LogP contribution < -0.4 is 0 Å². The molecule has 2 atom stereocenters. The lowest BCUT2D eigenvalue weighted by Crippen LogP contribution is -2.34. The summed E-state index contributed by atoms with van der Waals surface area (Å²) >= 11 is 1.55. The Bertz CT molecular complexity index is 489. The van der Waals surface area contributed by atoms with Gasteiger partial charge in [-0.25, -0.2) is 4.98 Å². The molecule has 1 N–H and O–H groups in total. The zero-order chi connectivity index (χ0) is 16.1. The van der Waals surface area contributed by atoms with E-state index in [-0.39, 0.29) is 12.0 Å². The van der Waals surface area contributed by atoms with E-state index in [1.807, 2.05) is 5.38 Å². The molecule has 2 unspecified atom stereocenters. The van der Waals surface area contributed by atoms with E-state index in [0.29, 0.717) is 12.3 Å². The highest BCUT2D eigenvalue weighted by Gasteiger charge is 2.24. The molecule has 0 aliphatic heterocycles. The van der Waals surface area contributed by atoms with Crippen LogP contribution in [0.15, 0.2) is 5.38 Å². The fourth-order valence-corrected chi connectivity index (χ4v) is 3.71. The molecule has 1 aromatic heterocycles. The summed E-state index contributed by atoms with van der Waals surface area (Å²) < 4.78 is 0. The van der Waals surface area contributed by atoms with E-state index in [1.54, 1.807) is 30.3 Å².